The SMILES string of the molecule is COc1ccc(C(=O)N2CCCN(C(=O)C3CCCO3)CC2)cc1C. The molecule has 1 atom stereocenters. The Hall–Kier alpha value is -2.08. The summed E-state index contributed by atoms with van der Waals surface area (Å²) in [7, 11) is 1.62. The van der Waals surface area contributed by atoms with Crippen LogP contribution in [0.25, 0.3) is 0 Å². The lowest BCUT2D eigenvalue weighted by Gasteiger charge is -2.24. The first-order valence-electron chi connectivity index (χ1n) is 8.94. The predicted octanol–water partition coefficient (Wildman–Crippen LogP) is 1.86. The van der Waals surface area contributed by atoms with Crippen molar-refractivity contribution in [1.29, 1.82) is 0 Å². The van der Waals surface area contributed by atoms with E-state index in [9.17, 15) is 9.59 Å². The van der Waals surface area contributed by atoms with Crippen LogP contribution in [0.15, 0.2) is 18.2 Å². The summed E-state index contributed by atoms with van der Waals surface area (Å²) in [5, 5.41) is 0. The summed E-state index contributed by atoms with van der Waals surface area (Å²) < 4.78 is 10.8. The molecule has 2 fully saturated rings. The zero-order valence-corrected chi connectivity index (χ0v) is 15.0. The number of methoxy groups -OCH3 is 1. The van der Waals surface area contributed by atoms with Crippen LogP contribution in [0, 0.1) is 6.92 Å². The maximum atomic E-state index is 12.8. The Morgan fingerprint density at radius 1 is 1.12 bits per heavy atom. The van der Waals surface area contributed by atoms with Crippen molar-refractivity contribution in [2.75, 3.05) is 39.9 Å². The molecule has 0 bridgehead atoms. The molecule has 0 aromatic heterocycles. The molecule has 1 unspecified atom stereocenters. The number of ether oxygens (including phenoxy) is 2. The third-order valence-corrected chi connectivity index (χ3v) is 4.94. The summed E-state index contributed by atoms with van der Waals surface area (Å²) in [5.41, 5.74) is 1.61. The molecule has 0 radical (unpaired) electrons. The Morgan fingerprint density at radius 3 is 2.56 bits per heavy atom. The molecule has 6 heteroatoms. The minimum atomic E-state index is -0.286. The highest BCUT2D eigenvalue weighted by molar-refractivity contribution is 5.94. The summed E-state index contributed by atoms with van der Waals surface area (Å²) >= 11 is 0. The summed E-state index contributed by atoms with van der Waals surface area (Å²) in [4.78, 5) is 29.0. The number of rotatable bonds is 3. The third-order valence-electron chi connectivity index (χ3n) is 4.94. The summed E-state index contributed by atoms with van der Waals surface area (Å²) in [6.07, 6.45) is 2.26. The number of aryl methyl sites for hydroxylation is 1. The van der Waals surface area contributed by atoms with Crippen LogP contribution in [0.1, 0.15) is 35.2 Å². The van der Waals surface area contributed by atoms with E-state index < -0.39 is 0 Å². The van der Waals surface area contributed by atoms with Crippen molar-refractivity contribution in [3.8, 4) is 5.75 Å². The van der Waals surface area contributed by atoms with Crippen molar-refractivity contribution in [1.82, 2.24) is 9.80 Å². The normalized spacial score (nSPS) is 21.1. The second kappa shape index (κ2) is 7.87. The molecule has 3 rings (SSSR count). The van der Waals surface area contributed by atoms with Gasteiger partial charge in [0.1, 0.15) is 11.9 Å². The van der Waals surface area contributed by atoms with Crippen molar-refractivity contribution in [3.63, 3.8) is 0 Å². The Balaban J connectivity index is 1.63. The number of carbonyl (C=O) groups excluding carboxylic acids is 2. The number of hydrogen-bond donors (Lipinski definition) is 0. The summed E-state index contributed by atoms with van der Waals surface area (Å²) in [5.74, 6) is 0.866. The molecule has 1 aromatic carbocycles. The van der Waals surface area contributed by atoms with Gasteiger partial charge in [0, 0.05) is 38.3 Å². The number of carbonyl (C=O) groups is 2. The van der Waals surface area contributed by atoms with Crippen LogP contribution >= 0.6 is 0 Å². The number of hydrogen-bond acceptors (Lipinski definition) is 4. The predicted molar refractivity (Wildman–Crippen MR) is 93.8 cm³/mol. The van der Waals surface area contributed by atoms with Crippen LogP contribution in [0.3, 0.4) is 0 Å². The first-order valence-corrected chi connectivity index (χ1v) is 8.94. The maximum Gasteiger partial charge on any atom is 0.253 e. The topological polar surface area (TPSA) is 59.1 Å². The van der Waals surface area contributed by atoms with Crippen LogP contribution in [0.4, 0.5) is 0 Å². The third kappa shape index (κ3) is 3.95. The quantitative estimate of drug-likeness (QED) is 0.838. The van der Waals surface area contributed by atoms with Gasteiger partial charge < -0.3 is 19.3 Å². The highest BCUT2D eigenvalue weighted by atomic mass is 16.5. The Bertz CT molecular complexity index is 640. The zero-order valence-electron chi connectivity index (χ0n) is 15.0. The van der Waals surface area contributed by atoms with Crippen LogP contribution < -0.4 is 4.74 Å². The fraction of sp³-hybridized carbons (Fsp3) is 0.579. The first-order chi connectivity index (χ1) is 12.1. The second-order valence-electron chi connectivity index (χ2n) is 6.66. The lowest BCUT2D eigenvalue weighted by molar-refractivity contribution is -0.140. The highest BCUT2D eigenvalue weighted by Crippen LogP contribution is 2.20. The van der Waals surface area contributed by atoms with Gasteiger partial charge in [-0.2, -0.15) is 0 Å². The molecule has 2 aliphatic heterocycles. The molecule has 0 aliphatic carbocycles. The number of benzene rings is 1. The molecule has 0 saturated carbocycles. The smallest absolute Gasteiger partial charge is 0.253 e. The molecule has 1 aromatic rings. The minimum Gasteiger partial charge on any atom is -0.496 e. The van der Waals surface area contributed by atoms with Crippen LogP contribution in [-0.2, 0) is 9.53 Å². The summed E-state index contributed by atoms with van der Waals surface area (Å²) in [6, 6.07) is 5.49. The van der Waals surface area contributed by atoms with Gasteiger partial charge in [-0.25, -0.2) is 0 Å². The molecule has 6 nitrogen and oxygen atoms in total. The van der Waals surface area contributed by atoms with Crippen molar-refractivity contribution in [3.05, 3.63) is 29.3 Å². The molecule has 0 N–H and O–H groups in total. The van der Waals surface area contributed by atoms with Crippen LogP contribution in [-0.4, -0.2) is 67.6 Å². The van der Waals surface area contributed by atoms with Gasteiger partial charge in [0.2, 0.25) is 0 Å². The average molecular weight is 346 g/mol. The van der Waals surface area contributed by atoms with Crippen molar-refractivity contribution >= 4 is 11.8 Å². The lowest BCUT2D eigenvalue weighted by Crippen LogP contribution is -2.41. The monoisotopic (exact) mass is 346 g/mol. The van der Waals surface area contributed by atoms with E-state index in [0.29, 0.717) is 38.3 Å². The van der Waals surface area contributed by atoms with Gasteiger partial charge in [-0.3, -0.25) is 9.59 Å². The number of amides is 2. The van der Waals surface area contributed by atoms with E-state index in [2.05, 4.69) is 0 Å². The van der Waals surface area contributed by atoms with Crippen molar-refractivity contribution in [2.24, 2.45) is 0 Å². The van der Waals surface area contributed by atoms with Gasteiger partial charge in [-0.05, 0) is 49.9 Å². The Labute approximate surface area is 148 Å². The Morgan fingerprint density at radius 2 is 1.88 bits per heavy atom. The van der Waals surface area contributed by atoms with E-state index >= 15 is 0 Å². The van der Waals surface area contributed by atoms with Gasteiger partial charge >= 0.3 is 0 Å². The fourth-order valence-electron chi connectivity index (χ4n) is 3.51. The molecule has 2 aliphatic rings. The van der Waals surface area contributed by atoms with Crippen molar-refractivity contribution in [2.45, 2.75) is 32.3 Å². The minimum absolute atomic E-state index is 0.0113. The largest absolute Gasteiger partial charge is 0.496 e. The van der Waals surface area contributed by atoms with E-state index in [4.69, 9.17) is 9.47 Å². The van der Waals surface area contributed by atoms with E-state index in [-0.39, 0.29) is 17.9 Å². The molecule has 2 saturated heterocycles. The molecular formula is C19H26N2O4. The van der Waals surface area contributed by atoms with Crippen LogP contribution in [0.2, 0.25) is 0 Å². The standard InChI is InChI=1S/C19H26N2O4/c1-14-13-15(6-7-16(14)24-2)18(22)20-8-4-9-21(11-10-20)19(23)17-5-3-12-25-17/h6-7,13,17H,3-5,8-12H2,1-2H3. The van der Waals surface area contributed by atoms with Crippen molar-refractivity contribution < 1.29 is 19.1 Å². The number of nitrogens with zero attached hydrogens (tertiary/aromatic N) is 2. The van der Waals surface area contributed by atoms with Gasteiger partial charge in [0.05, 0.1) is 7.11 Å². The molecular weight excluding hydrogens is 320 g/mol. The Kier molecular flexibility index (Phi) is 5.58. The van der Waals surface area contributed by atoms with Crippen LogP contribution in [0.5, 0.6) is 5.75 Å². The highest BCUT2D eigenvalue weighted by Gasteiger charge is 2.30. The molecule has 2 amide bonds. The van der Waals surface area contributed by atoms with Gasteiger partial charge in [-0.15, -0.1) is 0 Å². The fourth-order valence-corrected chi connectivity index (χ4v) is 3.51. The molecule has 25 heavy (non-hydrogen) atoms. The molecule has 2 heterocycles. The van der Waals surface area contributed by atoms with E-state index in [0.717, 1.165) is 30.6 Å². The second-order valence-corrected chi connectivity index (χ2v) is 6.66. The van der Waals surface area contributed by atoms with E-state index in [1.165, 1.54) is 0 Å². The van der Waals surface area contributed by atoms with Gasteiger partial charge in [0.15, 0.2) is 0 Å². The van der Waals surface area contributed by atoms with E-state index in [1.54, 1.807) is 13.2 Å². The zero-order chi connectivity index (χ0) is 17.8. The van der Waals surface area contributed by atoms with Gasteiger partial charge in [0.25, 0.3) is 11.8 Å². The lowest BCUT2D eigenvalue weighted by atomic mass is 10.1. The molecule has 136 valence electrons. The van der Waals surface area contributed by atoms with Gasteiger partial charge in [-0.1, -0.05) is 0 Å². The first kappa shape index (κ1) is 17.7. The summed E-state index contributed by atoms with van der Waals surface area (Å²) in [6.45, 7) is 5.08. The molecule has 0 spiro atoms. The maximum absolute atomic E-state index is 12.8. The average Bonchev–Trinajstić information content (AvgIpc) is 3.05. The van der Waals surface area contributed by atoms with E-state index in [1.807, 2.05) is 28.9 Å².